The van der Waals surface area contributed by atoms with E-state index in [1.807, 2.05) is 0 Å². The van der Waals surface area contributed by atoms with E-state index in [0.717, 1.165) is 0 Å². The van der Waals surface area contributed by atoms with E-state index in [-0.39, 0.29) is 16.5 Å². The van der Waals surface area contributed by atoms with Gasteiger partial charge in [0.1, 0.15) is 5.02 Å². The smallest absolute Gasteiger partial charge is 0.288 e. The molecule has 0 heterocycles. The van der Waals surface area contributed by atoms with Crippen molar-refractivity contribution in [2.75, 3.05) is 0 Å². The number of benzene rings is 2. The number of nitro benzene ring substituents is 1. The molecule has 2 aromatic carbocycles. The molecule has 0 saturated heterocycles. The van der Waals surface area contributed by atoms with Crippen molar-refractivity contribution >= 4 is 40.7 Å². The summed E-state index contributed by atoms with van der Waals surface area (Å²) in [4.78, 5) is 22.2. The lowest BCUT2D eigenvalue weighted by molar-refractivity contribution is -0.384. The Labute approximate surface area is 130 Å². The fourth-order valence-electron chi connectivity index (χ4n) is 1.70. The molecule has 0 bridgehead atoms. The van der Waals surface area contributed by atoms with Crippen LogP contribution in [0.15, 0.2) is 48.5 Å². The van der Waals surface area contributed by atoms with Crippen LogP contribution in [0.4, 0.5) is 5.69 Å². The molecule has 0 unspecified atom stereocenters. The summed E-state index contributed by atoms with van der Waals surface area (Å²) in [5.41, 5.74) is 0.675. The molecule has 0 saturated carbocycles. The number of carbonyl (C=O) groups excluding carboxylic acids is 1. The zero-order valence-corrected chi connectivity index (χ0v) is 12.1. The second kappa shape index (κ2) is 6.52. The normalized spacial score (nSPS) is 10.8. The first-order valence-electron chi connectivity index (χ1n) is 5.90. The number of nitro groups is 1. The molecule has 0 aliphatic rings. The van der Waals surface area contributed by atoms with Crippen molar-refractivity contribution in [1.29, 1.82) is 0 Å². The molecule has 0 fully saturated rings. The van der Waals surface area contributed by atoms with E-state index in [1.165, 1.54) is 24.3 Å². The Morgan fingerprint density at radius 1 is 1.10 bits per heavy atom. The van der Waals surface area contributed by atoms with Crippen LogP contribution >= 0.6 is 23.2 Å². The first kappa shape index (κ1) is 15.2. The van der Waals surface area contributed by atoms with Crippen LogP contribution in [0.1, 0.15) is 15.9 Å². The molecule has 0 atom stereocenters. The third-order valence-electron chi connectivity index (χ3n) is 2.73. The molecule has 2 aromatic rings. The minimum absolute atomic E-state index is 0.0505. The predicted molar refractivity (Wildman–Crippen MR) is 82.9 cm³/mol. The molecule has 0 spiro atoms. The molecule has 0 aliphatic heterocycles. The molecule has 21 heavy (non-hydrogen) atoms. The van der Waals surface area contributed by atoms with E-state index >= 15 is 0 Å². The molecule has 2 rings (SSSR count). The highest BCUT2D eigenvalue weighted by molar-refractivity contribution is 6.34. The number of allylic oxidation sites excluding steroid dienone is 1. The van der Waals surface area contributed by atoms with E-state index in [9.17, 15) is 14.9 Å². The van der Waals surface area contributed by atoms with Crippen LogP contribution in [0, 0.1) is 10.1 Å². The van der Waals surface area contributed by atoms with Gasteiger partial charge in [0.15, 0.2) is 5.78 Å². The summed E-state index contributed by atoms with van der Waals surface area (Å²) in [6.07, 6.45) is 2.79. The summed E-state index contributed by atoms with van der Waals surface area (Å²) < 4.78 is 0. The zero-order chi connectivity index (χ0) is 15.4. The average molecular weight is 322 g/mol. The van der Waals surface area contributed by atoms with Crippen molar-refractivity contribution in [3.8, 4) is 0 Å². The van der Waals surface area contributed by atoms with Gasteiger partial charge in [-0.25, -0.2) is 0 Å². The fraction of sp³-hybridized carbons (Fsp3) is 0. The van der Waals surface area contributed by atoms with Crippen LogP contribution in [-0.2, 0) is 0 Å². The van der Waals surface area contributed by atoms with Gasteiger partial charge in [0.05, 0.1) is 9.95 Å². The fourth-order valence-corrected chi connectivity index (χ4v) is 2.11. The van der Waals surface area contributed by atoms with Gasteiger partial charge < -0.3 is 0 Å². The van der Waals surface area contributed by atoms with Crippen LogP contribution in [0.5, 0.6) is 0 Å². The quantitative estimate of drug-likeness (QED) is 0.352. The minimum Gasteiger partial charge on any atom is -0.289 e. The van der Waals surface area contributed by atoms with Gasteiger partial charge >= 0.3 is 0 Å². The van der Waals surface area contributed by atoms with E-state index in [2.05, 4.69) is 0 Å². The van der Waals surface area contributed by atoms with Crippen LogP contribution in [-0.4, -0.2) is 10.7 Å². The van der Waals surface area contributed by atoms with Crippen molar-refractivity contribution in [2.45, 2.75) is 0 Å². The molecule has 106 valence electrons. The zero-order valence-electron chi connectivity index (χ0n) is 10.6. The van der Waals surface area contributed by atoms with Crippen LogP contribution < -0.4 is 0 Å². The number of rotatable bonds is 4. The number of carbonyl (C=O) groups is 1. The molecule has 0 aliphatic carbocycles. The van der Waals surface area contributed by atoms with Crippen molar-refractivity contribution in [3.63, 3.8) is 0 Å². The van der Waals surface area contributed by atoms with Gasteiger partial charge in [0, 0.05) is 11.6 Å². The van der Waals surface area contributed by atoms with E-state index in [0.29, 0.717) is 16.1 Å². The molecule has 6 heteroatoms. The number of halogens is 2. The largest absolute Gasteiger partial charge is 0.289 e. The maximum Gasteiger partial charge on any atom is 0.288 e. The second-order valence-electron chi connectivity index (χ2n) is 4.15. The number of nitrogens with zero attached hydrogens (tertiary/aromatic N) is 1. The number of ketones is 1. The SMILES string of the molecule is O=C(C=Cc1ccc(Cl)c([N+](=O)[O-])c1)c1ccccc1Cl. The van der Waals surface area contributed by atoms with Crippen LogP contribution in [0.2, 0.25) is 10.0 Å². The standard InChI is InChI=1S/C15H9Cl2NO3/c16-12-4-2-1-3-11(12)15(19)8-6-10-5-7-13(17)14(9-10)18(20)21/h1-9H. The van der Waals surface area contributed by atoms with E-state index in [1.54, 1.807) is 30.3 Å². The summed E-state index contributed by atoms with van der Waals surface area (Å²) in [5, 5.41) is 11.2. The van der Waals surface area contributed by atoms with Crippen LogP contribution in [0.3, 0.4) is 0 Å². The molecule has 0 N–H and O–H groups in total. The summed E-state index contributed by atoms with van der Waals surface area (Å²) in [6.45, 7) is 0. The third kappa shape index (κ3) is 3.68. The summed E-state index contributed by atoms with van der Waals surface area (Å²) in [5.74, 6) is -0.279. The molecule has 4 nitrogen and oxygen atoms in total. The minimum atomic E-state index is -0.574. The van der Waals surface area contributed by atoms with Crippen molar-refractivity contribution in [3.05, 3.63) is 79.8 Å². The Morgan fingerprint density at radius 2 is 1.81 bits per heavy atom. The lowest BCUT2D eigenvalue weighted by Crippen LogP contribution is -1.95. The number of hydrogen-bond acceptors (Lipinski definition) is 3. The Kier molecular flexibility index (Phi) is 4.73. The first-order valence-corrected chi connectivity index (χ1v) is 6.65. The summed E-state index contributed by atoms with van der Waals surface area (Å²) in [6, 6.07) is 11.0. The Balaban J connectivity index is 2.26. The number of hydrogen-bond donors (Lipinski definition) is 0. The van der Waals surface area contributed by atoms with Crippen molar-refractivity contribution in [2.24, 2.45) is 0 Å². The molecule has 0 aromatic heterocycles. The highest BCUT2D eigenvalue weighted by atomic mass is 35.5. The topological polar surface area (TPSA) is 60.2 Å². The Hall–Kier alpha value is -2.17. The van der Waals surface area contributed by atoms with Gasteiger partial charge in [0.25, 0.3) is 5.69 Å². The van der Waals surface area contributed by atoms with Crippen molar-refractivity contribution < 1.29 is 9.72 Å². The maximum absolute atomic E-state index is 12.0. The van der Waals surface area contributed by atoms with Gasteiger partial charge in [-0.3, -0.25) is 14.9 Å². The Bertz CT molecular complexity index is 741. The molecular weight excluding hydrogens is 313 g/mol. The highest BCUT2D eigenvalue weighted by Gasteiger charge is 2.12. The third-order valence-corrected chi connectivity index (χ3v) is 3.38. The van der Waals surface area contributed by atoms with Crippen LogP contribution in [0.25, 0.3) is 6.08 Å². The van der Waals surface area contributed by atoms with Gasteiger partial charge in [-0.2, -0.15) is 0 Å². The second-order valence-corrected chi connectivity index (χ2v) is 4.96. The van der Waals surface area contributed by atoms with Gasteiger partial charge in [-0.15, -0.1) is 0 Å². The molecule has 0 radical (unpaired) electrons. The highest BCUT2D eigenvalue weighted by Crippen LogP contribution is 2.25. The van der Waals surface area contributed by atoms with Gasteiger partial charge in [-0.1, -0.05) is 47.5 Å². The monoisotopic (exact) mass is 321 g/mol. The molecule has 0 amide bonds. The van der Waals surface area contributed by atoms with E-state index < -0.39 is 4.92 Å². The maximum atomic E-state index is 12.0. The van der Waals surface area contributed by atoms with Crippen molar-refractivity contribution in [1.82, 2.24) is 0 Å². The summed E-state index contributed by atoms with van der Waals surface area (Å²) >= 11 is 11.6. The Morgan fingerprint density at radius 3 is 2.48 bits per heavy atom. The lowest BCUT2D eigenvalue weighted by atomic mass is 10.1. The van der Waals surface area contributed by atoms with Gasteiger partial charge in [-0.05, 0) is 29.8 Å². The lowest BCUT2D eigenvalue weighted by Gasteiger charge is -1.99. The first-order chi connectivity index (χ1) is 9.99. The molecular formula is C15H9Cl2NO3. The average Bonchev–Trinajstić information content (AvgIpc) is 2.46. The van der Waals surface area contributed by atoms with Gasteiger partial charge in [0.2, 0.25) is 0 Å². The predicted octanol–water partition coefficient (Wildman–Crippen LogP) is 4.80. The summed E-state index contributed by atoms with van der Waals surface area (Å²) in [7, 11) is 0. The van der Waals surface area contributed by atoms with E-state index in [4.69, 9.17) is 23.2 Å².